The van der Waals surface area contributed by atoms with Gasteiger partial charge in [-0.2, -0.15) is 0 Å². The average Bonchev–Trinajstić information content (AvgIpc) is 3.66. The third-order valence-electron chi connectivity index (χ3n) is 8.53. The van der Waals surface area contributed by atoms with Gasteiger partial charge in [0.2, 0.25) is 5.71 Å². The molecule has 0 aliphatic heterocycles. The number of hydrogen-bond acceptors (Lipinski definition) is 5. The van der Waals surface area contributed by atoms with E-state index in [9.17, 15) is 0 Å². The van der Waals surface area contributed by atoms with Gasteiger partial charge in [0, 0.05) is 75.2 Å². The topological polar surface area (TPSA) is 64.7 Å². The van der Waals surface area contributed by atoms with Crippen molar-refractivity contribution in [2.75, 3.05) is 0 Å². The molecule has 0 aliphatic rings. The predicted molar refractivity (Wildman–Crippen MR) is 212 cm³/mol. The van der Waals surface area contributed by atoms with Crippen molar-refractivity contribution in [3.63, 3.8) is 0 Å². The third-order valence-corrected chi connectivity index (χ3v) is 8.53. The first kappa shape index (κ1) is 21.7. The third kappa shape index (κ3) is 7.30. The Bertz CT molecular complexity index is 3290. The molecule has 6 heteroatoms. The Balaban J connectivity index is 0.000000219. The van der Waals surface area contributed by atoms with Crippen molar-refractivity contribution in [3.05, 3.63) is 168 Å². The van der Waals surface area contributed by atoms with E-state index in [1.54, 1.807) is 60.7 Å². The molecule has 5 aromatic heterocycles. The number of benzene rings is 4. The van der Waals surface area contributed by atoms with E-state index in [0.717, 1.165) is 5.56 Å². The van der Waals surface area contributed by atoms with E-state index in [1.165, 1.54) is 36.7 Å². The van der Waals surface area contributed by atoms with Crippen molar-refractivity contribution >= 4 is 33.0 Å². The minimum atomic E-state index is -2.47. The Labute approximate surface area is 344 Å². The zero-order valence-electron chi connectivity index (χ0n) is 42.7. The molecule has 0 amide bonds. The van der Waals surface area contributed by atoms with Gasteiger partial charge in [0.1, 0.15) is 0 Å². The van der Waals surface area contributed by atoms with E-state index < -0.39 is 34.3 Å². The second kappa shape index (κ2) is 15.0. The van der Waals surface area contributed by atoms with E-state index in [0.29, 0.717) is 66.5 Å². The molecular formula is C47H36IrN4O-2. The number of aryl methyl sites for hydroxylation is 5. The van der Waals surface area contributed by atoms with Gasteiger partial charge >= 0.3 is 0 Å². The van der Waals surface area contributed by atoms with E-state index in [1.807, 2.05) is 30.3 Å². The van der Waals surface area contributed by atoms with Crippen molar-refractivity contribution in [2.24, 2.45) is 0 Å². The molecule has 0 fully saturated rings. The standard InChI is InChI=1S/C28H20N3O.C19H16N.Ir/c1-16-15-29-26(14-24(16)19-10-12-25-20(13-19)9-7-17(2)30-25)23-6-4-5-21-22-11-8-18(3)31-28(22)32-27(21)23;1-14-8-11-19(20-13-14)17-10-9-15(2)18(12-17)16-6-4-3-5-7-16;/h4-5,7-15H,1-3H3;3-9,11-13H,1-2H3;/q2*-1;/i1D3,2D3,3D3;1D3,2D3;. The fourth-order valence-electron chi connectivity index (χ4n) is 5.99. The molecule has 1 radical (unpaired) electrons. The number of aromatic nitrogens is 4. The Morgan fingerprint density at radius 2 is 1.45 bits per heavy atom. The maximum absolute atomic E-state index is 8.11. The average molecular weight is 880 g/mol. The maximum atomic E-state index is 8.11. The molecule has 0 aliphatic carbocycles. The van der Waals surface area contributed by atoms with Gasteiger partial charge in [0.05, 0.1) is 11.1 Å². The summed E-state index contributed by atoms with van der Waals surface area (Å²) < 4.78 is 122. The van der Waals surface area contributed by atoms with Crippen LogP contribution in [-0.4, -0.2) is 19.9 Å². The zero-order chi connectivity index (χ0) is 48.3. The van der Waals surface area contributed by atoms with Gasteiger partial charge < -0.3 is 14.4 Å². The Kier molecular flexibility index (Phi) is 6.14. The Morgan fingerprint density at radius 3 is 2.26 bits per heavy atom. The van der Waals surface area contributed by atoms with Crippen LogP contribution in [0.15, 0.2) is 132 Å². The van der Waals surface area contributed by atoms with Gasteiger partial charge in [0.15, 0.2) is 0 Å². The monoisotopic (exact) mass is 880 g/mol. The minimum absolute atomic E-state index is 0. The van der Waals surface area contributed by atoms with Crippen LogP contribution in [0.2, 0.25) is 0 Å². The van der Waals surface area contributed by atoms with Gasteiger partial charge in [-0.3, -0.25) is 4.98 Å². The fourth-order valence-corrected chi connectivity index (χ4v) is 5.99. The van der Waals surface area contributed by atoms with Gasteiger partial charge in [0.25, 0.3) is 0 Å². The van der Waals surface area contributed by atoms with Crippen molar-refractivity contribution < 1.29 is 45.1 Å². The molecule has 0 bridgehead atoms. The molecule has 0 N–H and O–H groups in total. The Hall–Kier alpha value is -5.81. The van der Waals surface area contributed by atoms with Crippen LogP contribution >= 0.6 is 0 Å². The number of nitrogens with zero attached hydrogens (tertiary/aromatic N) is 4. The van der Waals surface area contributed by atoms with Crippen molar-refractivity contribution in [1.82, 2.24) is 19.9 Å². The van der Waals surface area contributed by atoms with Crippen LogP contribution in [0.4, 0.5) is 0 Å². The fraction of sp³-hybridized carbons (Fsp3) is 0.106. The summed E-state index contributed by atoms with van der Waals surface area (Å²) in [6, 6.07) is 38.0. The summed E-state index contributed by atoms with van der Waals surface area (Å²) in [5, 5.41) is 1.96. The first-order valence-electron chi connectivity index (χ1n) is 23.6. The van der Waals surface area contributed by atoms with Crippen LogP contribution < -0.4 is 0 Å². The molecule has 9 aromatic rings. The maximum Gasteiger partial charge on any atom is 0.216 e. The Morgan fingerprint density at radius 1 is 0.623 bits per heavy atom. The summed E-state index contributed by atoms with van der Waals surface area (Å²) in [4.78, 5) is 17.1. The van der Waals surface area contributed by atoms with Crippen molar-refractivity contribution in [3.8, 4) is 44.8 Å². The van der Waals surface area contributed by atoms with E-state index in [-0.39, 0.29) is 53.9 Å². The van der Waals surface area contributed by atoms with Gasteiger partial charge in [-0.05, 0) is 96.9 Å². The summed E-state index contributed by atoms with van der Waals surface area (Å²) in [6.45, 7) is -11.7. The quantitative estimate of drug-likeness (QED) is 0.165. The molecule has 0 saturated carbocycles. The first-order valence-corrected chi connectivity index (χ1v) is 16.1. The van der Waals surface area contributed by atoms with Crippen molar-refractivity contribution in [1.29, 1.82) is 0 Å². The summed E-state index contributed by atoms with van der Waals surface area (Å²) in [5.41, 5.74) is 5.65. The van der Waals surface area contributed by atoms with E-state index in [4.69, 9.17) is 25.0 Å². The number of hydrogen-bond donors (Lipinski definition) is 0. The largest absolute Gasteiger partial charge is 0.486 e. The second-order valence-electron chi connectivity index (χ2n) is 11.9. The molecule has 5 nitrogen and oxygen atoms in total. The van der Waals surface area contributed by atoms with Crippen LogP contribution in [0.1, 0.15) is 48.6 Å². The molecule has 0 spiro atoms. The smallest absolute Gasteiger partial charge is 0.216 e. The molecule has 4 aromatic carbocycles. The molecular weight excluding hydrogens is 829 g/mol. The second-order valence-corrected chi connectivity index (χ2v) is 11.9. The molecule has 9 rings (SSSR count). The van der Waals surface area contributed by atoms with E-state index >= 15 is 0 Å². The number of rotatable bonds is 4. The first-order chi connectivity index (χ1) is 31.4. The molecule has 53 heavy (non-hydrogen) atoms. The van der Waals surface area contributed by atoms with Gasteiger partial charge in [-0.25, -0.2) is 4.98 Å². The van der Waals surface area contributed by atoms with Gasteiger partial charge in [-0.1, -0.05) is 84.0 Å². The molecule has 0 unspecified atom stereocenters. The zero-order valence-corrected chi connectivity index (χ0v) is 30.0. The number of fused-ring (bicyclic) bond motifs is 4. The van der Waals surface area contributed by atoms with Crippen LogP contribution in [0.25, 0.3) is 77.7 Å². The van der Waals surface area contributed by atoms with E-state index in [2.05, 4.69) is 32.1 Å². The summed E-state index contributed by atoms with van der Waals surface area (Å²) in [7, 11) is 0. The minimum Gasteiger partial charge on any atom is -0.486 e. The van der Waals surface area contributed by atoms with Crippen LogP contribution in [0.5, 0.6) is 0 Å². The molecule has 0 saturated heterocycles. The number of furan rings is 1. The van der Waals surface area contributed by atoms with Crippen molar-refractivity contribution in [2.45, 2.75) is 34.3 Å². The normalized spacial score (nSPS) is 16.3. The van der Waals surface area contributed by atoms with Crippen LogP contribution in [0.3, 0.4) is 0 Å². The van der Waals surface area contributed by atoms with Gasteiger partial charge in [-0.15, -0.1) is 47.5 Å². The molecule has 5 heterocycles. The molecule has 0 atom stereocenters. The van der Waals surface area contributed by atoms with Crippen LogP contribution in [-0.2, 0) is 20.1 Å². The number of pyridine rings is 4. The van der Waals surface area contributed by atoms with Crippen LogP contribution in [0, 0.1) is 46.4 Å². The predicted octanol–water partition coefficient (Wildman–Crippen LogP) is 11.8. The summed E-state index contributed by atoms with van der Waals surface area (Å²) in [5.74, 6) is 0. The SMILES string of the molecule is [2H]C([2H])([2H])c1ccc(-c2[c-]cc(C([2H])([2H])[2H])c(-c3ccccc3)c2)nc1.[2H]C([2H])([2H])c1ccc2cc(-c3cc(-c4[c-]ccc5c4oc4nc(C([2H])([2H])[2H])ccc45)ncc3C([2H])([2H])[2H])ccc2n1.[Ir]. The molecule has 261 valence electrons. The summed E-state index contributed by atoms with van der Waals surface area (Å²) in [6.07, 6.45) is 2.62. The summed E-state index contributed by atoms with van der Waals surface area (Å²) >= 11 is 0.